The summed E-state index contributed by atoms with van der Waals surface area (Å²) in [4.78, 5) is 4.71. The van der Waals surface area contributed by atoms with Gasteiger partial charge in [0.25, 0.3) is 0 Å². The Hall–Kier alpha value is -3.38. The van der Waals surface area contributed by atoms with E-state index in [-0.39, 0.29) is 11.8 Å². The Balaban J connectivity index is 1.69. The Kier molecular flexibility index (Phi) is 4.64. The summed E-state index contributed by atoms with van der Waals surface area (Å²) in [5.41, 5.74) is 3.98. The Labute approximate surface area is 176 Å². The number of alkyl halides is 2. The first-order valence-electron chi connectivity index (χ1n) is 9.35. The van der Waals surface area contributed by atoms with Crippen molar-refractivity contribution in [1.29, 1.82) is 0 Å². The second-order valence-electron chi connectivity index (χ2n) is 6.87. The minimum Gasteiger partial charge on any atom is -0.434 e. The number of ether oxygens (including phenoxy) is 1. The molecular weight excluding hydrogens is 408 g/mol. The first-order chi connectivity index (χ1) is 14.6. The second-order valence-corrected chi connectivity index (χ2v) is 7.31. The van der Waals surface area contributed by atoms with Crippen LogP contribution in [0, 0.1) is 0 Å². The van der Waals surface area contributed by atoms with Crippen molar-refractivity contribution >= 4 is 34.3 Å². The van der Waals surface area contributed by atoms with Crippen LogP contribution >= 0.6 is 11.6 Å². The van der Waals surface area contributed by atoms with E-state index in [1.807, 2.05) is 54.6 Å². The summed E-state index contributed by atoms with van der Waals surface area (Å²) in [6.07, 6.45) is 1.98. The standard InChI is InChI=1S/C23H16ClF2N3O/c24-15-11-9-14(10-12-15)20-13-18(16-5-1-4-8-21(16)30-22(25)26)28-23-27-17-6-2-3-7-19(17)29(20)23/h1-13,20,22H,(H,27,28)/t20-/m1/s1. The van der Waals surface area contributed by atoms with Crippen molar-refractivity contribution in [3.8, 4) is 5.75 Å². The summed E-state index contributed by atoms with van der Waals surface area (Å²) in [5, 5.41) is 3.93. The van der Waals surface area contributed by atoms with E-state index < -0.39 is 6.61 Å². The van der Waals surface area contributed by atoms with Gasteiger partial charge >= 0.3 is 6.61 Å². The van der Waals surface area contributed by atoms with E-state index in [0.29, 0.717) is 22.2 Å². The van der Waals surface area contributed by atoms with Crippen LogP contribution in [0.2, 0.25) is 5.02 Å². The summed E-state index contributed by atoms with van der Waals surface area (Å²) in [6.45, 7) is -2.91. The number of fused-ring (bicyclic) bond motifs is 3. The monoisotopic (exact) mass is 423 g/mol. The summed E-state index contributed by atoms with van der Waals surface area (Å²) < 4.78 is 32.7. The molecule has 0 aliphatic carbocycles. The maximum Gasteiger partial charge on any atom is 0.387 e. The van der Waals surface area contributed by atoms with Gasteiger partial charge in [-0.2, -0.15) is 8.78 Å². The third kappa shape index (κ3) is 3.29. The van der Waals surface area contributed by atoms with Crippen molar-refractivity contribution in [2.75, 3.05) is 5.32 Å². The van der Waals surface area contributed by atoms with Gasteiger partial charge in [0, 0.05) is 10.6 Å². The molecule has 1 atom stereocenters. The molecule has 7 heteroatoms. The molecule has 0 fully saturated rings. The third-order valence-corrected chi connectivity index (χ3v) is 5.30. The van der Waals surface area contributed by atoms with E-state index in [4.69, 9.17) is 21.3 Å². The average molecular weight is 424 g/mol. The largest absolute Gasteiger partial charge is 0.434 e. The number of aromatic nitrogens is 2. The number of hydrogen-bond acceptors (Lipinski definition) is 3. The second kappa shape index (κ2) is 7.46. The summed E-state index contributed by atoms with van der Waals surface area (Å²) in [5.74, 6) is 0.728. The van der Waals surface area contributed by atoms with Gasteiger partial charge in [0.2, 0.25) is 5.95 Å². The zero-order valence-corrected chi connectivity index (χ0v) is 16.4. The van der Waals surface area contributed by atoms with Crippen molar-refractivity contribution in [2.45, 2.75) is 12.7 Å². The van der Waals surface area contributed by atoms with E-state index >= 15 is 0 Å². The van der Waals surface area contributed by atoms with Crippen molar-refractivity contribution in [1.82, 2.24) is 9.55 Å². The molecule has 0 saturated heterocycles. The van der Waals surface area contributed by atoms with Crippen molar-refractivity contribution in [2.24, 2.45) is 0 Å². The number of nitrogens with one attached hydrogen (secondary N) is 1. The topological polar surface area (TPSA) is 39.1 Å². The van der Waals surface area contributed by atoms with Crippen LogP contribution in [0.4, 0.5) is 14.7 Å². The van der Waals surface area contributed by atoms with Crippen molar-refractivity contribution in [3.63, 3.8) is 0 Å². The van der Waals surface area contributed by atoms with Gasteiger partial charge in [-0.15, -0.1) is 0 Å². The number of allylic oxidation sites excluding steroid dienone is 1. The molecule has 1 aliphatic rings. The first kappa shape index (κ1) is 18.6. The van der Waals surface area contributed by atoms with Gasteiger partial charge in [-0.05, 0) is 48.0 Å². The fraction of sp³-hybridized carbons (Fsp3) is 0.0870. The highest BCUT2D eigenvalue weighted by molar-refractivity contribution is 6.30. The SMILES string of the molecule is FC(F)Oc1ccccc1C1=C[C@H](c2ccc(Cl)cc2)n2c(nc3ccccc32)N1. The molecule has 3 aromatic carbocycles. The number of imidazole rings is 1. The average Bonchev–Trinajstić information content (AvgIpc) is 3.12. The summed E-state index contributed by atoms with van der Waals surface area (Å²) in [6, 6.07) is 21.9. The Bertz CT molecular complexity index is 1250. The van der Waals surface area contributed by atoms with Gasteiger partial charge in [0.05, 0.1) is 22.8 Å². The lowest BCUT2D eigenvalue weighted by molar-refractivity contribution is -0.0500. The number of para-hydroxylation sites is 3. The van der Waals surface area contributed by atoms with Crippen molar-refractivity contribution < 1.29 is 13.5 Å². The van der Waals surface area contributed by atoms with Gasteiger partial charge in [-0.3, -0.25) is 4.57 Å². The number of anilines is 1. The minimum absolute atomic E-state index is 0.102. The fourth-order valence-electron chi connectivity index (χ4n) is 3.76. The quantitative estimate of drug-likeness (QED) is 0.416. The van der Waals surface area contributed by atoms with E-state index in [1.165, 1.54) is 6.07 Å². The normalized spacial score (nSPS) is 15.6. The molecule has 1 aliphatic heterocycles. The molecule has 1 N–H and O–H groups in total. The third-order valence-electron chi connectivity index (χ3n) is 5.05. The molecule has 4 aromatic rings. The van der Waals surface area contributed by atoms with Crippen LogP contribution in [-0.2, 0) is 0 Å². The van der Waals surface area contributed by atoms with Crippen LogP contribution in [0.5, 0.6) is 5.75 Å². The molecule has 2 heterocycles. The van der Waals surface area contributed by atoms with Gasteiger partial charge in [0.15, 0.2) is 0 Å². The van der Waals surface area contributed by atoms with E-state index in [1.54, 1.807) is 18.2 Å². The summed E-state index contributed by atoms with van der Waals surface area (Å²) >= 11 is 6.08. The highest BCUT2D eigenvalue weighted by Gasteiger charge is 2.26. The number of benzene rings is 3. The maximum atomic E-state index is 12.9. The number of hydrogen-bond donors (Lipinski definition) is 1. The van der Waals surface area contributed by atoms with Crippen LogP contribution in [-0.4, -0.2) is 16.2 Å². The molecule has 0 unspecified atom stereocenters. The Morgan fingerprint density at radius 1 is 0.967 bits per heavy atom. The Morgan fingerprint density at radius 2 is 1.70 bits per heavy atom. The van der Waals surface area contributed by atoms with E-state index in [0.717, 1.165) is 16.6 Å². The van der Waals surface area contributed by atoms with Gasteiger partial charge in [-0.25, -0.2) is 4.98 Å². The lowest BCUT2D eigenvalue weighted by atomic mass is 10.0. The number of halogens is 3. The zero-order chi connectivity index (χ0) is 20.7. The Morgan fingerprint density at radius 3 is 2.50 bits per heavy atom. The van der Waals surface area contributed by atoms with Crippen LogP contribution in [0.1, 0.15) is 17.2 Å². The highest BCUT2D eigenvalue weighted by atomic mass is 35.5. The van der Waals surface area contributed by atoms with Gasteiger partial charge in [0.1, 0.15) is 5.75 Å². The van der Waals surface area contributed by atoms with Crippen LogP contribution in [0.25, 0.3) is 16.7 Å². The lowest BCUT2D eigenvalue weighted by Crippen LogP contribution is -2.19. The van der Waals surface area contributed by atoms with E-state index in [9.17, 15) is 8.78 Å². The minimum atomic E-state index is -2.91. The molecule has 4 nitrogen and oxygen atoms in total. The molecule has 30 heavy (non-hydrogen) atoms. The fourth-order valence-corrected chi connectivity index (χ4v) is 3.89. The van der Waals surface area contributed by atoms with Crippen LogP contribution in [0.15, 0.2) is 78.9 Å². The van der Waals surface area contributed by atoms with Crippen LogP contribution in [0.3, 0.4) is 0 Å². The zero-order valence-electron chi connectivity index (χ0n) is 15.6. The molecule has 0 amide bonds. The predicted octanol–water partition coefficient (Wildman–Crippen LogP) is 6.35. The van der Waals surface area contributed by atoms with Gasteiger partial charge < -0.3 is 10.1 Å². The molecule has 0 radical (unpaired) electrons. The predicted molar refractivity (Wildman–Crippen MR) is 114 cm³/mol. The molecule has 0 spiro atoms. The molecule has 0 saturated carbocycles. The van der Waals surface area contributed by atoms with Crippen LogP contribution < -0.4 is 10.1 Å². The molecule has 150 valence electrons. The smallest absolute Gasteiger partial charge is 0.387 e. The summed E-state index contributed by atoms with van der Waals surface area (Å²) in [7, 11) is 0. The van der Waals surface area contributed by atoms with E-state index in [2.05, 4.69) is 9.88 Å². The molecule has 5 rings (SSSR count). The lowest BCUT2D eigenvalue weighted by Gasteiger charge is -2.27. The number of nitrogens with zero attached hydrogens (tertiary/aromatic N) is 2. The van der Waals surface area contributed by atoms with Crippen molar-refractivity contribution in [3.05, 3.63) is 95.0 Å². The number of rotatable bonds is 4. The first-order valence-corrected chi connectivity index (χ1v) is 9.73. The maximum absolute atomic E-state index is 12.9. The molecule has 0 bridgehead atoms. The highest BCUT2D eigenvalue weighted by Crippen LogP contribution is 2.39. The van der Waals surface area contributed by atoms with Gasteiger partial charge in [-0.1, -0.05) is 48.0 Å². The molecule has 1 aromatic heterocycles. The molecular formula is C23H16ClF2N3O.